The molecule has 36 heavy (non-hydrogen) atoms. The summed E-state index contributed by atoms with van der Waals surface area (Å²) >= 11 is 6.45. The predicted molar refractivity (Wildman–Crippen MR) is 149 cm³/mol. The maximum Gasteiger partial charge on any atom is 0.236 e. The molecule has 0 amide bonds. The van der Waals surface area contributed by atoms with E-state index in [-0.39, 0.29) is 5.92 Å². The van der Waals surface area contributed by atoms with Gasteiger partial charge in [0.25, 0.3) is 0 Å². The highest BCUT2D eigenvalue weighted by Gasteiger charge is 2.27. The van der Waals surface area contributed by atoms with Crippen molar-refractivity contribution in [3.05, 3.63) is 82.9 Å². The van der Waals surface area contributed by atoms with E-state index in [0.717, 1.165) is 46.6 Å². The largest absolute Gasteiger partial charge is 0.370 e. The first-order valence-corrected chi connectivity index (χ1v) is 13.9. The van der Waals surface area contributed by atoms with Gasteiger partial charge < -0.3 is 5.32 Å². The number of hydrogen-bond donors (Lipinski definition) is 1. The zero-order chi connectivity index (χ0) is 25.1. The zero-order valence-electron chi connectivity index (χ0n) is 20.0. The maximum absolute atomic E-state index is 13.0. The van der Waals surface area contributed by atoms with Gasteiger partial charge in [0.1, 0.15) is 13.7 Å². The molecule has 0 radical (unpaired) electrons. The highest BCUT2D eigenvalue weighted by molar-refractivity contribution is 7.92. The normalized spacial score (nSPS) is 17.1. The van der Waals surface area contributed by atoms with E-state index in [4.69, 9.17) is 16.6 Å². The van der Waals surface area contributed by atoms with E-state index >= 15 is 0 Å². The van der Waals surface area contributed by atoms with Crippen LogP contribution in [0.15, 0.2) is 72.3 Å². The third-order valence-electron chi connectivity index (χ3n) is 6.44. The molecule has 1 aliphatic heterocycles. The number of fused-ring (bicyclic) bond motifs is 1. The van der Waals surface area contributed by atoms with Crippen molar-refractivity contribution >= 4 is 52.5 Å². The first kappa shape index (κ1) is 24.6. The summed E-state index contributed by atoms with van der Waals surface area (Å²) in [5, 5.41) is 9.94. The molecule has 5 rings (SSSR count). The zero-order valence-corrected chi connectivity index (χ0v) is 21.6. The number of nitrogens with zero attached hydrogens (tertiary/aromatic N) is 4. The van der Waals surface area contributed by atoms with E-state index in [2.05, 4.69) is 10.4 Å². The number of piperidine rings is 1. The van der Waals surface area contributed by atoms with Crippen LogP contribution in [0.2, 0.25) is 5.02 Å². The Kier molecular flexibility index (Phi) is 7.14. The minimum atomic E-state index is -3.49. The minimum Gasteiger partial charge on any atom is -0.370 e. The lowest BCUT2D eigenvalue weighted by Crippen LogP contribution is -2.41. The van der Waals surface area contributed by atoms with E-state index in [9.17, 15) is 8.42 Å². The van der Waals surface area contributed by atoms with Crippen molar-refractivity contribution in [1.29, 1.82) is 0 Å². The fourth-order valence-electron chi connectivity index (χ4n) is 4.49. The molecule has 0 saturated carbocycles. The molecule has 1 aliphatic rings. The van der Waals surface area contributed by atoms with Gasteiger partial charge in [0.05, 0.1) is 5.69 Å². The van der Waals surface area contributed by atoms with Crippen molar-refractivity contribution in [2.45, 2.75) is 12.8 Å². The highest BCUT2D eigenvalue weighted by atomic mass is 35.5. The fourth-order valence-corrected chi connectivity index (χ4v) is 6.03. The Bertz CT molecular complexity index is 1510. The van der Waals surface area contributed by atoms with Gasteiger partial charge in [-0.05, 0) is 41.9 Å². The second-order valence-corrected chi connectivity index (χ2v) is 11.3. The lowest BCUT2D eigenvalue weighted by Gasteiger charge is -2.31. The summed E-state index contributed by atoms with van der Waals surface area (Å²) in [6, 6.07) is 19.0. The molecule has 4 aromatic rings. The third-order valence-corrected chi connectivity index (χ3v) is 8.30. The Morgan fingerprint density at radius 3 is 2.72 bits per heavy atom. The molecule has 1 unspecified atom stereocenters. The molecular weight excluding hydrogens is 493 g/mol. The topological polar surface area (TPSA) is 79.6 Å². The number of hydrogen-bond acceptors (Lipinski definition) is 5. The molecule has 3 heterocycles. The first-order valence-electron chi connectivity index (χ1n) is 12.0. The molecule has 2 aromatic heterocycles. The van der Waals surface area contributed by atoms with Crippen LogP contribution in [-0.4, -0.2) is 54.8 Å². The number of nitrogens with one attached hydrogen (secondary N) is 1. The van der Waals surface area contributed by atoms with Crippen LogP contribution in [0.1, 0.15) is 18.4 Å². The number of anilines is 1. The van der Waals surface area contributed by atoms with Crippen LogP contribution in [0, 0.1) is 5.92 Å². The average molecular weight is 520 g/mol. The minimum absolute atomic E-state index is 0.169. The van der Waals surface area contributed by atoms with Crippen LogP contribution in [0.25, 0.3) is 23.0 Å². The average Bonchev–Trinajstić information content (AvgIpc) is 3.28. The molecule has 2 aromatic carbocycles. The lowest BCUT2D eigenvalue weighted by atomic mass is 9.99. The number of halogens is 1. The predicted octanol–water partition coefficient (Wildman–Crippen LogP) is 3.43. The summed E-state index contributed by atoms with van der Waals surface area (Å²) < 4.78 is 29.3. The molecule has 1 saturated heterocycles. The first-order chi connectivity index (χ1) is 17.4. The highest BCUT2D eigenvalue weighted by Crippen LogP contribution is 2.29. The van der Waals surface area contributed by atoms with E-state index in [1.807, 2.05) is 68.5 Å². The number of rotatable bonds is 7. The quantitative estimate of drug-likeness (QED) is 0.379. The summed E-state index contributed by atoms with van der Waals surface area (Å²) in [7, 11) is -1.52. The maximum atomic E-state index is 13.0. The van der Waals surface area contributed by atoms with Gasteiger partial charge in [-0.3, -0.25) is 0 Å². The van der Waals surface area contributed by atoms with Gasteiger partial charge in [0.2, 0.25) is 10.0 Å². The third kappa shape index (κ3) is 5.33. The van der Waals surface area contributed by atoms with Crippen molar-refractivity contribution in [3.63, 3.8) is 0 Å². The van der Waals surface area contributed by atoms with Crippen molar-refractivity contribution < 1.29 is 8.42 Å². The van der Waals surface area contributed by atoms with Crippen LogP contribution < -0.4 is 10.8 Å². The van der Waals surface area contributed by atoms with Gasteiger partial charge in [-0.15, -0.1) is 0 Å². The van der Waals surface area contributed by atoms with Crippen LogP contribution in [0.3, 0.4) is 0 Å². The summed E-state index contributed by atoms with van der Waals surface area (Å²) in [5.41, 5.74) is 4.20. The van der Waals surface area contributed by atoms with Gasteiger partial charge in [0.15, 0.2) is 5.65 Å². The summed E-state index contributed by atoms with van der Waals surface area (Å²) in [6.45, 7) is 1.62. The summed E-state index contributed by atoms with van der Waals surface area (Å²) in [4.78, 5) is 4.79. The van der Waals surface area contributed by atoms with Crippen LogP contribution in [-0.2, 0) is 10.0 Å². The van der Waals surface area contributed by atoms with Crippen molar-refractivity contribution in [2.75, 3.05) is 25.0 Å². The van der Waals surface area contributed by atoms with E-state index < -0.39 is 10.0 Å². The lowest BCUT2D eigenvalue weighted by molar-refractivity contribution is 0.277. The van der Waals surface area contributed by atoms with Crippen molar-refractivity contribution in [1.82, 2.24) is 18.9 Å². The molecular formula is C26H27BClN5O2S. The summed E-state index contributed by atoms with van der Waals surface area (Å²) in [5.74, 6) is 0.967. The van der Waals surface area contributed by atoms with Gasteiger partial charge >= 0.3 is 0 Å². The SMILES string of the molecule is Bc1cnn2c(NCC3CCCN(S(=O)(=O)/C=C/c4ccccc4)C3)cc(-c3ccccc3Cl)nc12. The Morgan fingerprint density at radius 1 is 1.14 bits per heavy atom. The van der Waals surface area contributed by atoms with Gasteiger partial charge in [-0.2, -0.15) is 13.9 Å². The molecule has 0 spiro atoms. The van der Waals surface area contributed by atoms with Crippen molar-refractivity contribution in [2.24, 2.45) is 5.92 Å². The number of sulfonamides is 1. The van der Waals surface area contributed by atoms with Crippen molar-refractivity contribution in [3.8, 4) is 11.3 Å². The standard InChI is InChI=1S/C26H27BClN5O2S/c27-22-17-30-33-25(15-24(31-26(22)33)21-10-4-5-11-23(21)28)29-16-20-9-6-13-32(18-20)36(34,35)14-12-19-7-2-1-3-8-19/h1-5,7-8,10-12,14-15,17,20,29H,6,9,13,16,18,27H2/b14-12+. The Labute approximate surface area is 217 Å². The smallest absolute Gasteiger partial charge is 0.236 e. The molecule has 184 valence electrons. The molecule has 7 nitrogen and oxygen atoms in total. The molecule has 10 heteroatoms. The monoisotopic (exact) mass is 519 g/mol. The number of aromatic nitrogens is 3. The van der Waals surface area contributed by atoms with Gasteiger partial charge in [-0.1, -0.05) is 60.1 Å². The number of benzene rings is 2. The Hall–Kier alpha value is -3.14. The molecule has 0 aliphatic carbocycles. The molecule has 1 N–H and O–H groups in total. The fraction of sp³-hybridized carbons (Fsp3) is 0.231. The van der Waals surface area contributed by atoms with E-state index in [0.29, 0.717) is 24.7 Å². The van der Waals surface area contributed by atoms with Crippen LogP contribution >= 0.6 is 11.6 Å². The second-order valence-electron chi connectivity index (χ2n) is 9.08. The second kappa shape index (κ2) is 10.5. The Balaban J connectivity index is 1.33. The van der Waals surface area contributed by atoms with Gasteiger partial charge in [-0.25, -0.2) is 13.4 Å². The van der Waals surface area contributed by atoms with Crippen LogP contribution in [0.5, 0.6) is 0 Å². The Morgan fingerprint density at radius 2 is 1.92 bits per heavy atom. The summed E-state index contributed by atoms with van der Waals surface area (Å²) in [6.07, 6.45) is 5.21. The van der Waals surface area contributed by atoms with Gasteiger partial charge in [0, 0.05) is 47.9 Å². The van der Waals surface area contributed by atoms with Crippen LogP contribution in [0.4, 0.5) is 5.82 Å². The van der Waals surface area contributed by atoms with E-state index in [1.165, 1.54) is 5.41 Å². The van der Waals surface area contributed by atoms with E-state index in [1.54, 1.807) is 21.1 Å². The molecule has 1 fully saturated rings. The molecule has 0 bridgehead atoms. The molecule has 1 atom stereocenters.